The fourth-order valence-corrected chi connectivity index (χ4v) is 5.52. The standard InChI is InChI=1S/C37H32N4O3S/c1-25-15-16-26(2)32(22-25)40-37(44)34(28-11-5-3-6-12-28)45-31-19-17-30(18-20-31)39-36(43)33(23-27-10-9-21-38-24-27)41-35(42)29-13-7-4-8-14-29/h3-24,34H,1-2H3,(H,39,43)(H,40,44)(H,41,42)/b33-23-. The van der Waals surface area contributed by atoms with Gasteiger partial charge in [0.1, 0.15) is 10.9 Å². The quantitative estimate of drug-likeness (QED) is 0.112. The number of hydrogen-bond acceptors (Lipinski definition) is 5. The van der Waals surface area contributed by atoms with E-state index in [0.717, 1.165) is 27.3 Å². The van der Waals surface area contributed by atoms with Gasteiger partial charge in [-0.25, -0.2) is 0 Å². The van der Waals surface area contributed by atoms with Crippen molar-refractivity contribution in [3.8, 4) is 0 Å². The van der Waals surface area contributed by atoms with E-state index in [9.17, 15) is 14.4 Å². The number of hydrogen-bond donors (Lipinski definition) is 3. The number of amides is 3. The molecule has 4 aromatic carbocycles. The van der Waals surface area contributed by atoms with Gasteiger partial charge in [0, 0.05) is 34.2 Å². The Balaban J connectivity index is 1.32. The first kappa shape index (κ1) is 31.0. The van der Waals surface area contributed by atoms with Gasteiger partial charge in [0.15, 0.2) is 0 Å². The van der Waals surface area contributed by atoms with E-state index in [2.05, 4.69) is 20.9 Å². The summed E-state index contributed by atoms with van der Waals surface area (Å²) >= 11 is 1.42. The minimum atomic E-state index is -0.506. The molecule has 0 spiro atoms. The van der Waals surface area contributed by atoms with Gasteiger partial charge >= 0.3 is 0 Å². The van der Waals surface area contributed by atoms with E-state index in [0.29, 0.717) is 16.8 Å². The van der Waals surface area contributed by atoms with E-state index in [1.807, 2.05) is 80.6 Å². The van der Waals surface area contributed by atoms with Gasteiger partial charge in [-0.3, -0.25) is 19.4 Å². The molecular formula is C37H32N4O3S. The van der Waals surface area contributed by atoms with Crippen LogP contribution in [0.15, 0.2) is 138 Å². The van der Waals surface area contributed by atoms with Crippen LogP contribution in [-0.2, 0) is 9.59 Å². The number of carbonyl (C=O) groups is 3. The van der Waals surface area contributed by atoms with Gasteiger partial charge < -0.3 is 16.0 Å². The Hall–Kier alpha value is -5.47. The van der Waals surface area contributed by atoms with Crippen molar-refractivity contribution in [2.75, 3.05) is 10.6 Å². The number of pyridine rings is 1. The largest absolute Gasteiger partial charge is 0.325 e. The Kier molecular flexibility index (Phi) is 10.2. The molecule has 1 heterocycles. The van der Waals surface area contributed by atoms with Gasteiger partial charge in [0.2, 0.25) is 5.91 Å². The lowest BCUT2D eigenvalue weighted by Gasteiger charge is -2.18. The maximum Gasteiger partial charge on any atom is 0.272 e. The second-order valence-electron chi connectivity index (χ2n) is 10.4. The summed E-state index contributed by atoms with van der Waals surface area (Å²) < 4.78 is 0. The van der Waals surface area contributed by atoms with E-state index < -0.39 is 17.1 Å². The average Bonchev–Trinajstić information content (AvgIpc) is 3.07. The molecule has 0 aliphatic rings. The highest BCUT2D eigenvalue weighted by molar-refractivity contribution is 8.00. The van der Waals surface area contributed by atoms with Crippen molar-refractivity contribution in [2.45, 2.75) is 24.0 Å². The number of anilines is 2. The van der Waals surface area contributed by atoms with Crippen LogP contribution < -0.4 is 16.0 Å². The lowest BCUT2D eigenvalue weighted by molar-refractivity contribution is -0.116. The third-order valence-electron chi connectivity index (χ3n) is 6.88. The van der Waals surface area contributed by atoms with Crippen molar-refractivity contribution >= 4 is 46.9 Å². The molecular weight excluding hydrogens is 580 g/mol. The van der Waals surface area contributed by atoms with Crippen LogP contribution >= 0.6 is 11.8 Å². The molecule has 0 aliphatic carbocycles. The summed E-state index contributed by atoms with van der Waals surface area (Å²) in [5, 5.41) is 8.20. The summed E-state index contributed by atoms with van der Waals surface area (Å²) in [6, 6.07) is 35.1. The number of aromatic nitrogens is 1. The number of thioether (sulfide) groups is 1. The van der Waals surface area contributed by atoms with E-state index in [4.69, 9.17) is 0 Å². The second kappa shape index (κ2) is 14.8. The zero-order valence-electron chi connectivity index (χ0n) is 24.9. The molecule has 1 aromatic heterocycles. The van der Waals surface area contributed by atoms with Crippen molar-refractivity contribution in [2.24, 2.45) is 0 Å². The van der Waals surface area contributed by atoms with Gasteiger partial charge in [-0.2, -0.15) is 0 Å². The summed E-state index contributed by atoms with van der Waals surface area (Å²) in [5.74, 6) is -1.02. The maximum atomic E-state index is 13.6. The summed E-state index contributed by atoms with van der Waals surface area (Å²) in [6.07, 6.45) is 4.81. The fraction of sp³-hybridized carbons (Fsp3) is 0.0811. The SMILES string of the molecule is Cc1ccc(C)c(NC(=O)C(Sc2ccc(NC(=O)/C(=C/c3cccnc3)NC(=O)c3ccccc3)cc2)c2ccccc2)c1. The molecule has 0 saturated heterocycles. The molecule has 45 heavy (non-hydrogen) atoms. The molecule has 0 aliphatic heterocycles. The number of nitrogens with one attached hydrogen (secondary N) is 3. The Morgan fingerprint density at radius 3 is 2.18 bits per heavy atom. The lowest BCUT2D eigenvalue weighted by Crippen LogP contribution is -2.30. The summed E-state index contributed by atoms with van der Waals surface area (Å²) in [6.45, 7) is 3.96. The molecule has 5 rings (SSSR count). The first-order valence-electron chi connectivity index (χ1n) is 14.3. The first-order chi connectivity index (χ1) is 21.9. The number of rotatable bonds is 10. The molecule has 5 aromatic rings. The normalized spacial score (nSPS) is 11.7. The van der Waals surface area contributed by atoms with Crippen LogP contribution in [-0.4, -0.2) is 22.7 Å². The molecule has 0 fully saturated rings. The number of carbonyl (C=O) groups excluding carboxylic acids is 3. The number of nitrogens with zero attached hydrogens (tertiary/aromatic N) is 1. The third kappa shape index (κ3) is 8.55. The Bertz CT molecular complexity index is 1810. The van der Waals surface area contributed by atoms with Gasteiger partial charge in [-0.05, 0) is 90.7 Å². The van der Waals surface area contributed by atoms with Gasteiger partial charge in [-0.1, -0.05) is 66.7 Å². The molecule has 8 heteroatoms. The molecule has 3 N–H and O–H groups in total. The molecule has 1 unspecified atom stereocenters. The Morgan fingerprint density at radius 1 is 0.778 bits per heavy atom. The van der Waals surface area contributed by atoms with Gasteiger partial charge in [0.05, 0.1) is 0 Å². The van der Waals surface area contributed by atoms with Crippen LogP contribution in [0.3, 0.4) is 0 Å². The van der Waals surface area contributed by atoms with Crippen molar-refractivity contribution in [1.29, 1.82) is 0 Å². The van der Waals surface area contributed by atoms with Crippen LogP contribution in [0, 0.1) is 13.8 Å². The zero-order valence-corrected chi connectivity index (χ0v) is 25.7. The molecule has 3 amide bonds. The van der Waals surface area contributed by atoms with Crippen LogP contribution in [0.5, 0.6) is 0 Å². The lowest BCUT2D eigenvalue weighted by atomic mass is 10.1. The highest BCUT2D eigenvalue weighted by Crippen LogP contribution is 2.37. The van der Waals surface area contributed by atoms with E-state index in [1.54, 1.807) is 67.0 Å². The van der Waals surface area contributed by atoms with Gasteiger partial charge in [0.25, 0.3) is 11.8 Å². The molecule has 224 valence electrons. The van der Waals surface area contributed by atoms with Gasteiger partial charge in [-0.15, -0.1) is 11.8 Å². The topological polar surface area (TPSA) is 100 Å². The number of aryl methyl sites for hydroxylation is 2. The van der Waals surface area contributed by atoms with Crippen molar-refractivity contribution < 1.29 is 14.4 Å². The van der Waals surface area contributed by atoms with Crippen molar-refractivity contribution in [1.82, 2.24) is 10.3 Å². The molecule has 1 atom stereocenters. The number of benzene rings is 4. The minimum absolute atomic E-state index is 0.0718. The van der Waals surface area contributed by atoms with E-state index in [-0.39, 0.29) is 11.6 Å². The van der Waals surface area contributed by atoms with Crippen LogP contribution in [0.1, 0.15) is 37.9 Å². The highest BCUT2D eigenvalue weighted by atomic mass is 32.2. The third-order valence-corrected chi connectivity index (χ3v) is 8.15. The fourth-order valence-electron chi connectivity index (χ4n) is 4.49. The molecule has 7 nitrogen and oxygen atoms in total. The second-order valence-corrected chi connectivity index (χ2v) is 11.5. The molecule has 0 bridgehead atoms. The van der Waals surface area contributed by atoms with E-state index in [1.165, 1.54) is 11.8 Å². The van der Waals surface area contributed by atoms with Crippen LogP contribution in [0.2, 0.25) is 0 Å². The molecule has 0 radical (unpaired) electrons. The van der Waals surface area contributed by atoms with Crippen LogP contribution in [0.25, 0.3) is 6.08 Å². The summed E-state index contributed by atoms with van der Waals surface area (Å²) in [7, 11) is 0. The molecule has 0 saturated carbocycles. The smallest absolute Gasteiger partial charge is 0.272 e. The first-order valence-corrected chi connectivity index (χ1v) is 15.2. The monoisotopic (exact) mass is 612 g/mol. The average molecular weight is 613 g/mol. The van der Waals surface area contributed by atoms with Crippen LogP contribution in [0.4, 0.5) is 11.4 Å². The minimum Gasteiger partial charge on any atom is -0.325 e. The predicted molar refractivity (Wildman–Crippen MR) is 181 cm³/mol. The van der Waals surface area contributed by atoms with E-state index >= 15 is 0 Å². The van der Waals surface area contributed by atoms with Crippen molar-refractivity contribution in [3.05, 3.63) is 161 Å². The predicted octanol–water partition coefficient (Wildman–Crippen LogP) is 7.58. The summed E-state index contributed by atoms with van der Waals surface area (Å²) in [4.78, 5) is 44.8. The zero-order chi connectivity index (χ0) is 31.6. The maximum absolute atomic E-state index is 13.6. The Morgan fingerprint density at radius 2 is 1.49 bits per heavy atom. The highest BCUT2D eigenvalue weighted by Gasteiger charge is 2.23. The van der Waals surface area contributed by atoms with Crippen molar-refractivity contribution in [3.63, 3.8) is 0 Å². The Labute approximate surface area is 266 Å². The summed E-state index contributed by atoms with van der Waals surface area (Å²) in [5.41, 5.74) is 5.41.